The fourth-order valence-corrected chi connectivity index (χ4v) is 3.32. The van der Waals surface area contributed by atoms with E-state index in [0.717, 1.165) is 17.0 Å². The van der Waals surface area contributed by atoms with E-state index < -0.39 is 0 Å². The average molecular weight is 431 g/mol. The SMILES string of the molecule is CCOc1ccc(OCc2ccc(C(=O)NC(C)c3ccc(-n4cccc4)cc3)o2)cc1. The molecule has 1 amide bonds. The first kappa shape index (κ1) is 21.3. The van der Waals surface area contributed by atoms with E-state index in [2.05, 4.69) is 5.32 Å². The van der Waals surface area contributed by atoms with Gasteiger partial charge in [0.15, 0.2) is 5.76 Å². The van der Waals surface area contributed by atoms with E-state index >= 15 is 0 Å². The normalized spacial score (nSPS) is 11.7. The average Bonchev–Trinajstić information content (AvgIpc) is 3.51. The van der Waals surface area contributed by atoms with Crippen molar-refractivity contribution in [3.63, 3.8) is 0 Å². The molecule has 32 heavy (non-hydrogen) atoms. The molecule has 164 valence electrons. The number of amides is 1. The molecule has 2 aromatic carbocycles. The van der Waals surface area contributed by atoms with Gasteiger partial charge in [0, 0.05) is 18.1 Å². The molecule has 1 unspecified atom stereocenters. The Morgan fingerprint density at radius 1 is 0.938 bits per heavy atom. The van der Waals surface area contributed by atoms with Gasteiger partial charge in [-0.3, -0.25) is 4.79 Å². The molecular formula is C26H26N2O4. The van der Waals surface area contributed by atoms with Crippen LogP contribution in [0.1, 0.15) is 41.8 Å². The summed E-state index contributed by atoms with van der Waals surface area (Å²) < 4.78 is 18.9. The summed E-state index contributed by atoms with van der Waals surface area (Å²) >= 11 is 0. The van der Waals surface area contributed by atoms with Gasteiger partial charge in [-0.2, -0.15) is 0 Å². The molecule has 0 fully saturated rings. The number of carbonyl (C=O) groups excluding carboxylic acids is 1. The van der Waals surface area contributed by atoms with Crippen molar-refractivity contribution in [2.45, 2.75) is 26.5 Å². The molecule has 4 rings (SSSR count). The summed E-state index contributed by atoms with van der Waals surface area (Å²) in [5.41, 5.74) is 2.08. The summed E-state index contributed by atoms with van der Waals surface area (Å²) in [5.74, 6) is 2.07. The van der Waals surface area contributed by atoms with Crippen LogP contribution in [0.5, 0.6) is 11.5 Å². The Kier molecular flexibility index (Phi) is 6.60. The molecule has 0 aliphatic heterocycles. The Hall–Kier alpha value is -3.93. The van der Waals surface area contributed by atoms with Crippen LogP contribution >= 0.6 is 0 Å². The molecule has 0 radical (unpaired) electrons. The van der Waals surface area contributed by atoms with E-state index in [1.807, 2.05) is 91.5 Å². The zero-order chi connectivity index (χ0) is 22.3. The quantitative estimate of drug-likeness (QED) is 0.379. The molecule has 1 atom stereocenters. The largest absolute Gasteiger partial charge is 0.494 e. The molecule has 0 saturated heterocycles. The molecule has 6 heteroatoms. The number of nitrogens with one attached hydrogen (secondary N) is 1. The molecule has 0 aliphatic carbocycles. The third-order valence-corrected chi connectivity index (χ3v) is 5.04. The highest BCUT2D eigenvalue weighted by atomic mass is 16.5. The predicted octanol–water partition coefficient (Wildman–Crippen LogP) is 5.54. The van der Waals surface area contributed by atoms with Crippen LogP contribution in [0.25, 0.3) is 5.69 Å². The molecule has 2 heterocycles. The van der Waals surface area contributed by atoms with Crippen LogP contribution in [0.15, 0.2) is 89.6 Å². The molecule has 6 nitrogen and oxygen atoms in total. The van der Waals surface area contributed by atoms with E-state index in [0.29, 0.717) is 18.1 Å². The second kappa shape index (κ2) is 9.92. The van der Waals surface area contributed by atoms with Gasteiger partial charge in [0.1, 0.15) is 23.9 Å². The number of hydrogen-bond donors (Lipinski definition) is 1. The van der Waals surface area contributed by atoms with Gasteiger partial charge in [-0.1, -0.05) is 12.1 Å². The Morgan fingerprint density at radius 3 is 2.25 bits per heavy atom. The van der Waals surface area contributed by atoms with E-state index in [1.54, 1.807) is 12.1 Å². The van der Waals surface area contributed by atoms with Gasteiger partial charge >= 0.3 is 0 Å². The fourth-order valence-electron chi connectivity index (χ4n) is 3.32. The van der Waals surface area contributed by atoms with Crippen molar-refractivity contribution in [3.8, 4) is 17.2 Å². The lowest BCUT2D eigenvalue weighted by Crippen LogP contribution is -2.26. The Morgan fingerprint density at radius 2 is 1.59 bits per heavy atom. The number of rotatable bonds is 9. The second-order valence-corrected chi connectivity index (χ2v) is 7.34. The summed E-state index contributed by atoms with van der Waals surface area (Å²) in [4.78, 5) is 12.6. The molecule has 0 aliphatic rings. The number of benzene rings is 2. The van der Waals surface area contributed by atoms with Crippen LogP contribution in [-0.2, 0) is 6.61 Å². The smallest absolute Gasteiger partial charge is 0.287 e. The first-order valence-corrected chi connectivity index (χ1v) is 10.6. The summed E-state index contributed by atoms with van der Waals surface area (Å²) in [6, 6.07) is 22.7. The van der Waals surface area contributed by atoms with Crippen molar-refractivity contribution in [1.82, 2.24) is 9.88 Å². The van der Waals surface area contributed by atoms with Crippen molar-refractivity contribution < 1.29 is 18.7 Å². The van der Waals surface area contributed by atoms with E-state index in [-0.39, 0.29) is 24.3 Å². The number of furan rings is 1. The lowest BCUT2D eigenvalue weighted by molar-refractivity contribution is 0.0907. The Bertz CT molecular complexity index is 1130. The third-order valence-electron chi connectivity index (χ3n) is 5.04. The van der Waals surface area contributed by atoms with Gasteiger partial charge in [-0.05, 0) is 80.1 Å². The van der Waals surface area contributed by atoms with Crippen LogP contribution in [-0.4, -0.2) is 17.1 Å². The van der Waals surface area contributed by atoms with Crippen LogP contribution in [0.3, 0.4) is 0 Å². The van der Waals surface area contributed by atoms with Gasteiger partial charge < -0.3 is 23.8 Å². The second-order valence-electron chi connectivity index (χ2n) is 7.34. The first-order chi connectivity index (χ1) is 15.6. The Balaban J connectivity index is 1.31. The van der Waals surface area contributed by atoms with Gasteiger partial charge in [-0.15, -0.1) is 0 Å². The molecule has 0 spiro atoms. The van der Waals surface area contributed by atoms with Gasteiger partial charge in [-0.25, -0.2) is 0 Å². The zero-order valence-electron chi connectivity index (χ0n) is 18.2. The molecule has 0 bridgehead atoms. The molecule has 4 aromatic rings. The highest BCUT2D eigenvalue weighted by molar-refractivity contribution is 5.91. The van der Waals surface area contributed by atoms with Crippen molar-refractivity contribution in [2.24, 2.45) is 0 Å². The van der Waals surface area contributed by atoms with Crippen LogP contribution < -0.4 is 14.8 Å². The lowest BCUT2D eigenvalue weighted by atomic mass is 10.1. The minimum atomic E-state index is -0.265. The van der Waals surface area contributed by atoms with Crippen LogP contribution in [0, 0.1) is 0 Å². The maximum Gasteiger partial charge on any atom is 0.287 e. The van der Waals surface area contributed by atoms with Gasteiger partial charge in [0.25, 0.3) is 5.91 Å². The van der Waals surface area contributed by atoms with Crippen molar-refractivity contribution in [2.75, 3.05) is 6.61 Å². The summed E-state index contributed by atoms with van der Waals surface area (Å²) in [6.45, 7) is 4.74. The number of nitrogens with zero attached hydrogens (tertiary/aromatic N) is 1. The Labute approximate surface area is 187 Å². The first-order valence-electron chi connectivity index (χ1n) is 10.6. The molecule has 0 saturated carbocycles. The van der Waals surface area contributed by atoms with Crippen LogP contribution in [0.4, 0.5) is 0 Å². The highest BCUT2D eigenvalue weighted by Gasteiger charge is 2.15. The number of ether oxygens (including phenoxy) is 2. The van der Waals surface area contributed by atoms with Gasteiger partial charge in [0.05, 0.1) is 12.6 Å². The van der Waals surface area contributed by atoms with Crippen molar-refractivity contribution in [1.29, 1.82) is 0 Å². The van der Waals surface area contributed by atoms with E-state index in [1.165, 1.54) is 0 Å². The van der Waals surface area contributed by atoms with Crippen LogP contribution in [0.2, 0.25) is 0 Å². The van der Waals surface area contributed by atoms with E-state index in [4.69, 9.17) is 13.9 Å². The molecule has 2 aromatic heterocycles. The standard InChI is InChI=1S/C26H26N2O4/c1-3-30-22-10-12-23(13-11-22)31-18-24-14-15-25(32-24)26(29)27-19(2)20-6-8-21(9-7-20)28-16-4-5-17-28/h4-17,19H,3,18H2,1-2H3,(H,27,29). The van der Waals surface area contributed by atoms with E-state index in [9.17, 15) is 4.79 Å². The predicted molar refractivity (Wildman–Crippen MR) is 122 cm³/mol. The number of hydrogen-bond acceptors (Lipinski definition) is 4. The monoisotopic (exact) mass is 430 g/mol. The maximum atomic E-state index is 12.6. The minimum absolute atomic E-state index is 0.158. The number of carbonyl (C=O) groups is 1. The summed E-state index contributed by atoms with van der Waals surface area (Å²) in [5, 5.41) is 2.98. The highest BCUT2D eigenvalue weighted by Crippen LogP contribution is 2.20. The molecule has 1 N–H and O–H groups in total. The zero-order valence-corrected chi connectivity index (χ0v) is 18.2. The summed E-state index contributed by atoms with van der Waals surface area (Å²) in [7, 11) is 0. The third kappa shape index (κ3) is 5.21. The number of aromatic nitrogens is 1. The van der Waals surface area contributed by atoms with Crippen molar-refractivity contribution in [3.05, 3.63) is 102 Å². The topological polar surface area (TPSA) is 65.6 Å². The maximum absolute atomic E-state index is 12.6. The lowest BCUT2D eigenvalue weighted by Gasteiger charge is -2.14. The van der Waals surface area contributed by atoms with Crippen molar-refractivity contribution >= 4 is 5.91 Å². The van der Waals surface area contributed by atoms with Gasteiger partial charge in [0.2, 0.25) is 0 Å². The minimum Gasteiger partial charge on any atom is -0.494 e. The molecular weight excluding hydrogens is 404 g/mol. The summed E-state index contributed by atoms with van der Waals surface area (Å²) in [6.07, 6.45) is 3.99. The fraction of sp³-hybridized carbons (Fsp3) is 0.192.